The number of aromatic amines is 1. The first-order valence-corrected chi connectivity index (χ1v) is 10.6. The third-order valence-corrected chi connectivity index (χ3v) is 5.79. The van der Waals surface area contributed by atoms with Gasteiger partial charge in [0, 0.05) is 5.69 Å². The quantitative estimate of drug-likeness (QED) is 0.334. The second kappa shape index (κ2) is 10.0. The number of aromatic nitrogens is 2. The van der Waals surface area contributed by atoms with Gasteiger partial charge in [-0.3, -0.25) is 14.7 Å². The average Bonchev–Trinajstić information content (AvgIpc) is 3.01. The van der Waals surface area contributed by atoms with E-state index in [4.69, 9.17) is 4.74 Å². The van der Waals surface area contributed by atoms with Gasteiger partial charge in [-0.2, -0.15) is 5.10 Å². The summed E-state index contributed by atoms with van der Waals surface area (Å²) in [4.78, 5) is 25.2. The number of hydrogen-bond acceptors (Lipinski definition) is 4. The number of nitrogens with one attached hydrogen (secondary N) is 1. The van der Waals surface area contributed by atoms with Crippen LogP contribution in [0.4, 0.5) is 0 Å². The van der Waals surface area contributed by atoms with Crippen LogP contribution in [0.2, 0.25) is 0 Å². The van der Waals surface area contributed by atoms with Gasteiger partial charge in [0.25, 0.3) is 0 Å². The fraction of sp³-hybridized carbons (Fsp3) is 0.773. The summed E-state index contributed by atoms with van der Waals surface area (Å²) in [7, 11) is 1.35. The lowest BCUT2D eigenvalue weighted by molar-refractivity contribution is -0.147. The lowest BCUT2D eigenvalue weighted by Crippen LogP contribution is -2.43. The SMILES string of the molecule is CCCCCCCCCCCc1n[nH]c2c1C(=O)[C@H](C(=O)OC)C(C)(C)C2. The first-order chi connectivity index (χ1) is 12.9. The Hall–Kier alpha value is -1.65. The van der Waals surface area contributed by atoms with E-state index in [0.717, 1.165) is 30.7 Å². The molecule has 0 amide bonds. The molecule has 1 atom stereocenters. The third kappa shape index (κ3) is 5.43. The summed E-state index contributed by atoms with van der Waals surface area (Å²) < 4.78 is 4.90. The van der Waals surface area contributed by atoms with Gasteiger partial charge in [0.15, 0.2) is 5.78 Å². The highest BCUT2D eigenvalue weighted by Crippen LogP contribution is 2.40. The van der Waals surface area contributed by atoms with Gasteiger partial charge in [-0.15, -0.1) is 0 Å². The number of methoxy groups -OCH3 is 1. The van der Waals surface area contributed by atoms with Gasteiger partial charge in [-0.25, -0.2) is 0 Å². The third-order valence-electron chi connectivity index (χ3n) is 5.79. The number of rotatable bonds is 11. The number of ether oxygens (including phenoxy) is 1. The zero-order valence-corrected chi connectivity index (χ0v) is 17.5. The summed E-state index contributed by atoms with van der Waals surface area (Å²) in [5.41, 5.74) is 1.88. The smallest absolute Gasteiger partial charge is 0.317 e. The summed E-state index contributed by atoms with van der Waals surface area (Å²) in [5, 5.41) is 7.45. The number of esters is 1. The summed E-state index contributed by atoms with van der Waals surface area (Å²) in [5.74, 6) is -1.31. The molecular formula is C22H36N2O3. The molecule has 0 spiro atoms. The Bertz CT molecular complexity index is 634. The van der Waals surface area contributed by atoms with Crippen LogP contribution >= 0.6 is 0 Å². The molecule has 1 aromatic heterocycles. The molecule has 5 heteroatoms. The van der Waals surface area contributed by atoms with E-state index in [1.807, 2.05) is 13.8 Å². The molecule has 1 heterocycles. The Balaban J connectivity index is 1.87. The second-order valence-corrected chi connectivity index (χ2v) is 8.59. The van der Waals surface area contributed by atoms with Crippen molar-refractivity contribution < 1.29 is 14.3 Å². The minimum atomic E-state index is -0.741. The maximum atomic E-state index is 13.0. The van der Waals surface area contributed by atoms with Crippen molar-refractivity contribution in [2.24, 2.45) is 11.3 Å². The molecular weight excluding hydrogens is 340 g/mol. The first kappa shape index (κ1) is 21.6. The fourth-order valence-corrected chi connectivity index (χ4v) is 4.22. The van der Waals surface area contributed by atoms with Crippen molar-refractivity contribution in [2.75, 3.05) is 7.11 Å². The Morgan fingerprint density at radius 2 is 1.70 bits per heavy atom. The average molecular weight is 377 g/mol. The molecule has 0 aromatic carbocycles. The van der Waals surface area contributed by atoms with Crippen molar-refractivity contribution in [3.8, 4) is 0 Å². The van der Waals surface area contributed by atoms with Crippen molar-refractivity contribution >= 4 is 11.8 Å². The predicted octanol–water partition coefficient (Wildman–Crippen LogP) is 5.04. The highest BCUT2D eigenvalue weighted by Gasteiger charge is 2.48. The molecule has 5 nitrogen and oxygen atoms in total. The van der Waals surface area contributed by atoms with Crippen LogP contribution in [-0.4, -0.2) is 29.1 Å². The number of nitrogens with zero attached hydrogens (tertiary/aromatic N) is 1. The number of carbonyl (C=O) groups excluding carboxylic acids is 2. The van der Waals surface area contributed by atoms with Crippen LogP contribution < -0.4 is 0 Å². The normalized spacial score (nSPS) is 18.4. The summed E-state index contributed by atoms with van der Waals surface area (Å²) in [6.07, 6.45) is 12.8. The lowest BCUT2D eigenvalue weighted by Gasteiger charge is -2.35. The topological polar surface area (TPSA) is 72.0 Å². The molecule has 152 valence electrons. The number of ketones is 1. The minimum absolute atomic E-state index is 0.132. The van der Waals surface area contributed by atoms with Crippen molar-refractivity contribution in [3.63, 3.8) is 0 Å². The molecule has 0 fully saturated rings. The van der Waals surface area contributed by atoms with Gasteiger partial charge >= 0.3 is 5.97 Å². The van der Waals surface area contributed by atoms with Crippen LogP contribution in [0.5, 0.6) is 0 Å². The lowest BCUT2D eigenvalue weighted by atomic mass is 9.67. The monoisotopic (exact) mass is 376 g/mol. The molecule has 1 aliphatic carbocycles. The number of unbranched alkanes of at least 4 members (excludes halogenated alkanes) is 8. The van der Waals surface area contributed by atoms with Crippen molar-refractivity contribution in [3.05, 3.63) is 17.0 Å². The molecule has 0 saturated carbocycles. The molecule has 0 bridgehead atoms. The maximum Gasteiger partial charge on any atom is 0.317 e. The van der Waals surface area contributed by atoms with E-state index in [0.29, 0.717) is 12.0 Å². The summed E-state index contributed by atoms with van der Waals surface area (Å²) in [6, 6.07) is 0. The number of H-pyrrole nitrogens is 1. The maximum absolute atomic E-state index is 13.0. The van der Waals surface area contributed by atoms with Crippen LogP contribution in [0.3, 0.4) is 0 Å². The second-order valence-electron chi connectivity index (χ2n) is 8.59. The van der Waals surface area contributed by atoms with E-state index >= 15 is 0 Å². The van der Waals surface area contributed by atoms with Crippen molar-refractivity contribution in [1.29, 1.82) is 0 Å². The van der Waals surface area contributed by atoms with Gasteiger partial charge in [-0.1, -0.05) is 72.1 Å². The van der Waals surface area contributed by atoms with E-state index in [9.17, 15) is 9.59 Å². The molecule has 0 radical (unpaired) electrons. The van der Waals surface area contributed by atoms with E-state index < -0.39 is 17.3 Å². The standard InChI is InChI=1S/C22H36N2O3/c1-5-6-7-8-9-10-11-12-13-14-16-18-17(24-23-16)15-22(2,3)19(20(18)25)21(26)27-4/h19H,5-15H2,1-4H3,(H,23,24)/t19-/m1/s1. The summed E-state index contributed by atoms with van der Waals surface area (Å²) >= 11 is 0. The molecule has 1 aliphatic rings. The first-order valence-electron chi connectivity index (χ1n) is 10.6. The number of hydrogen-bond donors (Lipinski definition) is 1. The summed E-state index contributed by atoms with van der Waals surface area (Å²) in [6.45, 7) is 6.12. The number of aryl methyl sites for hydroxylation is 1. The van der Waals surface area contributed by atoms with E-state index in [2.05, 4.69) is 17.1 Å². The predicted molar refractivity (Wildman–Crippen MR) is 107 cm³/mol. The molecule has 1 aromatic rings. The van der Waals surface area contributed by atoms with Gasteiger partial charge in [-0.05, 0) is 24.7 Å². The largest absolute Gasteiger partial charge is 0.468 e. The zero-order valence-electron chi connectivity index (χ0n) is 17.5. The molecule has 1 N–H and O–H groups in total. The molecule has 0 unspecified atom stereocenters. The van der Waals surface area contributed by atoms with Gasteiger partial charge in [0.2, 0.25) is 0 Å². The van der Waals surface area contributed by atoms with E-state index in [1.54, 1.807) is 0 Å². The molecule has 0 aliphatic heterocycles. The highest BCUT2D eigenvalue weighted by molar-refractivity contribution is 6.11. The Morgan fingerprint density at radius 3 is 2.30 bits per heavy atom. The van der Waals surface area contributed by atoms with Gasteiger partial charge < -0.3 is 4.74 Å². The van der Waals surface area contributed by atoms with Gasteiger partial charge in [0.05, 0.1) is 18.4 Å². The van der Waals surface area contributed by atoms with Gasteiger partial charge in [0.1, 0.15) is 5.92 Å². The zero-order chi connectivity index (χ0) is 19.9. The van der Waals surface area contributed by atoms with Crippen molar-refractivity contribution in [2.45, 2.75) is 91.4 Å². The minimum Gasteiger partial charge on any atom is -0.468 e. The number of fused-ring (bicyclic) bond motifs is 1. The van der Waals surface area contributed by atoms with E-state index in [-0.39, 0.29) is 5.78 Å². The Labute approximate surface area is 163 Å². The molecule has 2 rings (SSSR count). The van der Waals surface area contributed by atoms with E-state index in [1.165, 1.54) is 52.1 Å². The highest BCUT2D eigenvalue weighted by atomic mass is 16.5. The van der Waals surface area contributed by atoms with Crippen LogP contribution in [0.1, 0.15) is 100 Å². The Kier molecular flexibility index (Phi) is 8.06. The van der Waals surface area contributed by atoms with Crippen LogP contribution in [0.15, 0.2) is 0 Å². The molecule has 27 heavy (non-hydrogen) atoms. The Morgan fingerprint density at radius 1 is 1.11 bits per heavy atom. The molecule has 0 saturated heterocycles. The van der Waals surface area contributed by atoms with Crippen LogP contribution in [0, 0.1) is 11.3 Å². The van der Waals surface area contributed by atoms with Crippen LogP contribution in [0.25, 0.3) is 0 Å². The van der Waals surface area contributed by atoms with Crippen molar-refractivity contribution in [1.82, 2.24) is 10.2 Å². The fourth-order valence-electron chi connectivity index (χ4n) is 4.22. The number of Topliss-reactive ketones (excluding diaryl/α,β-unsaturated/α-hetero) is 1. The number of carbonyl (C=O) groups is 2. The van der Waals surface area contributed by atoms with Crippen LogP contribution in [-0.2, 0) is 22.4 Å².